The maximum absolute atomic E-state index is 12.9. The summed E-state index contributed by atoms with van der Waals surface area (Å²) >= 11 is 0. The maximum Gasteiger partial charge on any atom is 0.123 e. The van der Waals surface area contributed by atoms with E-state index in [4.69, 9.17) is 5.73 Å². The molecule has 2 aromatic rings. The molecule has 0 fully saturated rings. The van der Waals surface area contributed by atoms with Gasteiger partial charge in [-0.05, 0) is 48.4 Å². The quantitative estimate of drug-likeness (QED) is 0.877. The van der Waals surface area contributed by atoms with E-state index in [0.29, 0.717) is 6.54 Å². The molecule has 1 aromatic carbocycles. The number of nitrogens with zero attached hydrogens (tertiary/aromatic N) is 1. The zero-order valence-electron chi connectivity index (χ0n) is 9.51. The highest BCUT2D eigenvalue weighted by Gasteiger charge is 2.12. The molecule has 0 radical (unpaired) electrons. The molecule has 2 rings (SSSR count). The number of pyridine rings is 1. The van der Waals surface area contributed by atoms with Crippen LogP contribution in [0.3, 0.4) is 0 Å². The largest absolute Gasteiger partial charge is 0.330 e. The van der Waals surface area contributed by atoms with Crippen LogP contribution in [0.25, 0.3) is 0 Å². The first-order chi connectivity index (χ1) is 8.31. The fourth-order valence-corrected chi connectivity index (χ4v) is 1.98. The number of halogens is 1. The van der Waals surface area contributed by atoms with Gasteiger partial charge in [0.25, 0.3) is 0 Å². The second-order valence-corrected chi connectivity index (χ2v) is 3.96. The van der Waals surface area contributed by atoms with Gasteiger partial charge in [-0.25, -0.2) is 4.39 Å². The van der Waals surface area contributed by atoms with Crippen LogP contribution >= 0.6 is 0 Å². The molecular formula is C14H15FN2. The molecule has 0 saturated carbocycles. The molecule has 0 unspecified atom stereocenters. The zero-order chi connectivity index (χ0) is 12.1. The lowest BCUT2D eigenvalue weighted by Crippen LogP contribution is -2.09. The van der Waals surface area contributed by atoms with Crippen molar-refractivity contribution in [2.24, 2.45) is 5.73 Å². The van der Waals surface area contributed by atoms with Crippen LogP contribution in [0.1, 0.15) is 23.5 Å². The molecule has 88 valence electrons. The fourth-order valence-electron chi connectivity index (χ4n) is 1.98. The number of hydrogen-bond acceptors (Lipinski definition) is 2. The van der Waals surface area contributed by atoms with Gasteiger partial charge in [-0.2, -0.15) is 0 Å². The van der Waals surface area contributed by atoms with E-state index in [0.717, 1.165) is 17.5 Å². The molecule has 3 heteroatoms. The topological polar surface area (TPSA) is 38.9 Å². The lowest BCUT2D eigenvalue weighted by Gasteiger charge is -2.16. The van der Waals surface area contributed by atoms with E-state index in [1.165, 1.54) is 12.1 Å². The number of nitrogens with two attached hydrogens (primary N) is 1. The van der Waals surface area contributed by atoms with E-state index in [-0.39, 0.29) is 11.7 Å². The summed E-state index contributed by atoms with van der Waals surface area (Å²) < 4.78 is 12.9. The Morgan fingerprint density at radius 3 is 2.18 bits per heavy atom. The molecule has 1 heterocycles. The van der Waals surface area contributed by atoms with Crippen molar-refractivity contribution in [2.45, 2.75) is 12.3 Å². The van der Waals surface area contributed by atoms with Crippen LogP contribution in [0.5, 0.6) is 0 Å². The standard InChI is InChI=1S/C14H15FN2/c15-13-3-1-11(2-4-13)14(5-8-16)12-6-9-17-10-7-12/h1-4,6-7,9-10,14H,5,8,16H2/t14-/m0/s1. The molecule has 0 bridgehead atoms. The van der Waals surface area contributed by atoms with Gasteiger partial charge in [0.2, 0.25) is 0 Å². The van der Waals surface area contributed by atoms with E-state index in [1.54, 1.807) is 12.4 Å². The zero-order valence-corrected chi connectivity index (χ0v) is 9.51. The fraction of sp³-hybridized carbons (Fsp3) is 0.214. The van der Waals surface area contributed by atoms with Crippen LogP contribution in [0.4, 0.5) is 4.39 Å². The van der Waals surface area contributed by atoms with Crippen molar-refractivity contribution in [1.29, 1.82) is 0 Å². The molecule has 0 aliphatic heterocycles. The van der Waals surface area contributed by atoms with Gasteiger partial charge in [-0.3, -0.25) is 4.98 Å². The van der Waals surface area contributed by atoms with Crippen molar-refractivity contribution in [3.63, 3.8) is 0 Å². The van der Waals surface area contributed by atoms with Crippen LogP contribution in [0.15, 0.2) is 48.8 Å². The number of hydrogen-bond donors (Lipinski definition) is 1. The first kappa shape index (κ1) is 11.7. The summed E-state index contributed by atoms with van der Waals surface area (Å²) in [5.41, 5.74) is 7.89. The predicted octanol–water partition coefficient (Wildman–Crippen LogP) is 2.70. The van der Waals surface area contributed by atoms with Gasteiger partial charge < -0.3 is 5.73 Å². The average molecular weight is 230 g/mol. The molecule has 2 N–H and O–H groups in total. The summed E-state index contributed by atoms with van der Waals surface area (Å²) in [7, 11) is 0. The minimum atomic E-state index is -0.213. The van der Waals surface area contributed by atoms with E-state index in [1.807, 2.05) is 24.3 Å². The monoisotopic (exact) mass is 230 g/mol. The molecule has 0 spiro atoms. The third kappa shape index (κ3) is 2.88. The Labute approximate surface area is 100 Å². The minimum absolute atomic E-state index is 0.212. The van der Waals surface area contributed by atoms with Crippen molar-refractivity contribution in [3.8, 4) is 0 Å². The SMILES string of the molecule is NCC[C@H](c1ccncc1)c1ccc(F)cc1. The lowest BCUT2D eigenvalue weighted by molar-refractivity contribution is 0.625. The second kappa shape index (κ2) is 5.55. The van der Waals surface area contributed by atoms with Crippen molar-refractivity contribution in [2.75, 3.05) is 6.54 Å². The molecule has 2 nitrogen and oxygen atoms in total. The highest BCUT2D eigenvalue weighted by atomic mass is 19.1. The predicted molar refractivity (Wildman–Crippen MR) is 66.2 cm³/mol. The van der Waals surface area contributed by atoms with Crippen LogP contribution in [-0.2, 0) is 0 Å². The van der Waals surface area contributed by atoms with E-state index in [2.05, 4.69) is 4.98 Å². The molecular weight excluding hydrogens is 215 g/mol. The Morgan fingerprint density at radius 2 is 1.59 bits per heavy atom. The summed E-state index contributed by atoms with van der Waals surface area (Å²) in [6.07, 6.45) is 4.38. The Morgan fingerprint density at radius 1 is 1.00 bits per heavy atom. The Balaban J connectivity index is 2.32. The van der Waals surface area contributed by atoms with Crippen LogP contribution in [0.2, 0.25) is 0 Å². The average Bonchev–Trinajstić information content (AvgIpc) is 2.38. The van der Waals surface area contributed by atoms with Crippen LogP contribution < -0.4 is 5.73 Å². The highest BCUT2D eigenvalue weighted by molar-refractivity contribution is 5.31. The van der Waals surface area contributed by atoms with Crippen LogP contribution in [0, 0.1) is 5.82 Å². The van der Waals surface area contributed by atoms with Crippen molar-refractivity contribution < 1.29 is 4.39 Å². The van der Waals surface area contributed by atoms with E-state index < -0.39 is 0 Å². The summed E-state index contributed by atoms with van der Waals surface area (Å²) in [6.45, 7) is 0.602. The third-order valence-electron chi connectivity index (χ3n) is 2.84. The molecule has 1 atom stereocenters. The van der Waals surface area contributed by atoms with E-state index in [9.17, 15) is 4.39 Å². The van der Waals surface area contributed by atoms with Gasteiger partial charge in [0.05, 0.1) is 0 Å². The summed E-state index contributed by atoms with van der Waals surface area (Å²) in [5.74, 6) is -0.00132. The van der Waals surface area contributed by atoms with E-state index >= 15 is 0 Å². The molecule has 0 saturated heterocycles. The van der Waals surface area contributed by atoms with Crippen molar-refractivity contribution >= 4 is 0 Å². The maximum atomic E-state index is 12.9. The van der Waals surface area contributed by atoms with Gasteiger partial charge in [0.15, 0.2) is 0 Å². The summed E-state index contributed by atoms with van der Waals surface area (Å²) in [6, 6.07) is 10.6. The first-order valence-electron chi connectivity index (χ1n) is 5.66. The minimum Gasteiger partial charge on any atom is -0.330 e. The van der Waals surface area contributed by atoms with Crippen molar-refractivity contribution in [1.82, 2.24) is 4.98 Å². The second-order valence-electron chi connectivity index (χ2n) is 3.96. The summed E-state index contributed by atoms with van der Waals surface area (Å²) in [5, 5.41) is 0. The van der Waals surface area contributed by atoms with Gasteiger partial charge in [0, 0.05) is 18.3 Å². The smallest absolute Gasteiger partial charge is 0.123 e. The lowest BCUT2D eigenvalue weighted by atomic mass is 9.89. The Kier molecular flexibility index (Phi) is 3.83. The van der Waals surface area contributed by atoms with Crippen LogP contribution in [-0.4, -0.2) is 11.5 Å². The van der Waals surface area contributed by atoms with Gasteiger partial charge in [0.1, 0.15) is 5.82 Å². The normalized spacial score (nSPS) is 12.4. The Bertz CT molecular complexity index is 453. The highest BCUT2D eigenvalue weighted by Crippen LogP contribution is 2.27. The summed E-state index contributed by atoms with van der Waals surface area (Å²) in [4.78, 5) is 4.00. The molecule has 17 heavy (non-hydrogen) atoms. The molecule has 0 aliphatic rings. The molecule has 0 amide bonds. The Hall–Kier alpha value is -1.74. The van der Waals surface area contributed by atoms with Gasteiger partial charge in [-0.1, -0.05) is 12.1 Å². The van der Waals surface area contributed by atoms with Crippen molar-refractivity contribution in [3.05, 3.63) is 65.7 Å². The number of aromatic nitrogens is 1. The molecule has 1 aromatic heterocycles. The number of benzene rings is 1. The number of rotatable bonds is 4. The van der Waals surface area contributed by atoms with Gasteiger partial charge in [-0.15, -0.1) is 0 Å². The molecule has 0 aliphatic carbocycles. The third-order valence-corrected chi connectivity index (χ3v) is 2.84. The van der Waals surface area contributed by atoms with Gasteiger partial charge >= 0.3 is 0 Å². The first-order valence-corrected chi connectivity index (χ1v) is 5.66.